The van der Waals surface area contributed by atoms with E-state index in [4.69, 9.17) is 14.7 Å². The first-order valence-electron chi connectivity index (χ1n) is 13.1. The zero-order valence-corrected chi connectivity index (χ0v) is 22.8. The van der Waals surface area contributed by atoms with Gasteiger partial charge in [0.25, 0.3) is 5.91 Å². The molecule has 3 heterocycles. The Labute approximate surface area is 233 Å². The molecule has 40 heavy (non-hydrogen) atoms. The highest BCUT2D eigenvalue weighted by Gasteiger charge is 2.29. The second kappa shape index (κ2) is 12.7. The van der Waals surface area contributed by atoms with Gasteiger partial charge in [0.15, 0.2) is 0 Å². The molecule has 0 radical (unpaired) electrons. The smallest absolute Gasteiger partial charge is 0.277 e. The second-order valence-electron chi connectivity index (χ2n) is 9.43. The first-order valence-corrected chi connectivity index (χ1v) is 14.5. The summed E-state index contributed by atoms with van der Waals surface area (Å²) in [6.07, 6.45) is 2.62. The largest absolute Gasteiger partial charge is 0.492 e. The SMILES string of the molecule is O=C(NO)c1cnc(N2CCN(S(=O)(=O)c3ccc(-c4ccccc4OCCN4CCOCC4)cc3)CC2)nc1. The van der Waals surface area contributed by atoms with E-state index in [1.807, 2.05) is 41.3 Å². The Bertz CT molecular complexity index is 1390. The van der Waals surface area contributed by atoms with Gasteiger partial charge < -0.3 is 14.4 Å². The van der Waals surface area contributed by atoms with Gasteiger partial charge in [0.1, 0.15) is 12.4 Å². The molecule has 0 saturated carbocycles. The fraction of sp³-hybridized carbons (Fsp3) is 0.370. The number of benzene rings is 2. The maximum absolute atomic E-state index is 13.4. The quantitative estimate of drug-likeness (QED) is 0.288. The molecule has 2 aromatic carbocycles. The van der Waals surface area contributed by atoms with E-state index in [2.05, 4.69) is 14.9 Å². The molecule has 13 heteroatoms. The van der Waals surface area contributed by atoms with E-state index >= 15 is 0 Å². The number of aromatic nitrogens is 2. The Hall–Kier alpha value is -3.62. The molecular formula is C27H32N6O6S. The average molecular weight is 569 g/mol. The summed E-state index contributed by atoms with van der Waals surface area (Å²) in [5, 5.41) is 8.73. The van der Waals surface area contributed by atoms with Crippen LogP contribution in [0.4, 0.5) is 5.95 Å². The molecule has 2 N–H and O–H groups in total. The van der Waals surface area contributed by atoms with Gasteiger partial charge in [0.05, 0.1) is 23.7 Å². The first-order chi connectivity index (χ1) is 19.5. The summed E-state index contributed by atoms with van der Waals surface area (Å²) in [6.45, 7) is 6.02. The molecule has 0 unspecified atom stereocenters. The molecule has 2 aliphatic rings. The number of sulfonamides is 1. The van der Waals surface area contributed by atoms with Gasteiger partial charge in [-0.05, 0) is 23.8 Å². The lowest BCUT2D eigenvalue weighted by atomic mass is 10.1. The predicted molar refractivity (Wildman–Crippen MR) is 147 cm³/mol. The number of para-hydroxylation sites is 1. The highest BCUT2D eigenvalue weighted by atomic mass is 32.2. The van der Waals surface area contributed by atoms with Crippen molar-refractivity contribution in [3.63, 3.8) is 0 Å². The zero-order valence-electron chi connectivity index (χ0n) is 22.0. The molecule has 2 fully saturated rings. The number of anilines is 1. The minimum atomic E-state index is -3.69. The van der Waals surface area contributed by atoms with Crippen LogP contribution in [0, 0.1) is 0 Å². The molecule has 12 nitrogen and oxygen atoms in total. The van der Waals surface area contributed by atoms with E-state index in [0.717, 1.165) is 49.7 Å². The van der Waals surface area contributed by atoms with Crippen molar-refractivity contribution >= 4 is 21.9 Å². The molecule has 1 aromatic heterocycles. The van der Waals surface area contributed by atoms with Gasteiger partial charge in [-0.2, -0.15) is 4.31 Å². The van der Waals surface area contributed by atoms with Crippen LogP contribution in [0.15, 0.2) is 65.8 Å². The van der Waals surface area contributed by atoms with Crippen molar-refractivity contribution < 1.29 is 27.9 Å². The Balaban J connectivity index is 1.20. The first kappa shape index (κ1) is 27.9. The Morgan fingerprint density at radius 2 is 1.62 bits per heavy atom. The number of nitrogens with one attached hydrogen (secondary N) is 1. The van der Waals surface area contributed by atoms with Crippen LogP contribution < -0.4 is 15.1 Å². The molecule has 3 aromatic rings. The lowest BCUT2D eigenvalue weighted by molar-refractivity contribution is 0.0323. The number of carbonyl (C=O) groups is 1. The summed E-state index contributed by atoms with van der Waals surface area (Å²) in [6, 6.07) is 14.7. The van der Waals surface area contributed by atoms with E-state index in [-0.39, 0.29) is 23.5 Å². The monoisotopic (exact) mass is 568 g/mol. The standard InChI is InChI=1S/C27H32N6O6S/c34-26(30-35)22-19-28-27(29-20-22)32-9-11-33(12-10-32)40(36,37)23-7-5-21(6-8-23)24-3-1-2-4-25(24)39-18-15-31-13-16-38-17-14-31/h1-8,19-20,35H,9-18H2,(H,30,34). The third-order valence-corrected chi connectivity index (χ3v) is 8.90. The number of amides is 1. The number of ether oxygens (including phenoxy) is 2. The van der Waals surface area contributed by atoms with Gasteiger partial charge in [-0.3, -0.25) is 14.9 Å². The van der Waals surface area contributed by atoms with Crippen LogP contribution in [0.2, 0.25) is 0 Å². The number of morpholine rings is 1. The number of nitrogens with zero attached hydrogens (tertiary/aromatic N) is 5. The Kier molecular flexibility index (Phi) is 8.87. The van der Waals surface area contributed by atoms with Crippen LogP contribution in [-0.2, 0) is 14.8 Å². The van der Waals surface area contributed by atoms with E-state index in [1.165, 1.54) is 22.2 Å². The van der Waals surface area contributed by atoms with E-state index < -0.39 is 15.9 Å². The minimum Gasteiger partial charge on any atom is -0.492 e. The maximum atomic E-state index is 13.4. The van der Waals surface area contributed by atoms with Crippen LogP contribution in [0.5, 0.6) is 5.75 Å². The van der Waals surface area contributed by atoms with Crippen molar-refractivity contribution in [1.29, 1.82) is 0 Å². The van der Waals surface area contributed by atoms with Crippen molar-refractivity contribution in [2.45, 2.75) is 4.90 Å². The molecule has 0 atom stereocenters. The summed E-state index contributed by atoms with van der Waals surface area (Å²) in [4.78, 5) is 24.2. The summed E-state index contributed by atoms with van der Waals surface area (Å²) in [5.41, 5.74) is 3.44. The van der Waals surface area contributed by atoms with Gasteiger partial charge in [-0.1, -0.05) is 30.3 Å². The average Bonchev–Trinajstić information content (AvgIpc) is 3.01. The third-order valence-electron chi connectivity index (χ3n) is 6.98. The molecule has 1 amide bonds. The summed E-state index contributed by atoms with van der Waals surface area (Å²) >= 11 is 0. The van der Waals surface area contributed by atoms with Crippen molar-refractivity contribution in [3.8, 4) is 16.9 Å². The topological polar surface area (TPSA) is 137 Å². The van der Waals surface area contributed by atoms with Gasteiger partial charge >= 0.3 is 0 Å². The fourth-order valence-corrected chi connectivity index (χ4v) is 6.11. The number of hydrogen-bond acceptors (Lipinski definition) is 10. The van der Waals surface area contributed by atoms with Gasteiger partial charge in [-0.25, -0.2) is 23.9 Å². The lowest BCUT2D eigenvalue weighted by Gasteiger charge is -2.34. The molecule has 2 saturated heterocycles. The van der Waals surface area contributed by atoms with Crippen LogP contribution in [0.3, 0.4) is 0 Å². The highest BCUT2D eigenvalue weighted by Crippen LogP contribution is 2.31. The van der Waals surface area contributed by atoms with Crippen molar-refractivity contribution in [2.24, 2.45) is 0 Å². The van der Waals surface area contributed by atoms with Crippen molar-refractivity contribution in [3.05, 3.63) is 66.5 Å². The molecular weight excluding hydrogens is 536 g/mol. The van der Waals surface area contributed by atoms with Crippen LogP contribution in [0.25, 0.3) is 11.1 Å². The summed E-state index contributed by atoms with van der Waals surface area (Å²) in [5.74, 6) is 0.449. The van der Waals surface area contributed by atoms with Crippen LogP contribution in [-0.4, -0.2) is 104 Å². The maximum Gasteiger partial charge on any atom is 0.277 e. The van der Waals surface area contributed by atoms with Gasteiger partial charge in [-0.15, -0.1) is 0 Å². The predicted octanol–water partition coefficient (Wildman–Crippen LogP) is 1.48. The number of hydrogen-bond donors (Lipinski definition) is 2. The fourth-order valence-electron chi connectivity index (χ4n) is 4.69. The van der Waals surface area contributed by atoms with E-state index in [0.29, 0.717) is 25.6 Å². The Morgan fingerprint density at radius 1 is 0.950 bits per heavy atom. The number of hydroxylamine groups is 1. The molecule has 212 valence electrons. The van der Waals surface area contributed by atoms with E-state index in [1.54, 1.807) is 12.1 Å². The van der Waals surface area contributed by atoms with Gasteiger partial charge in [0.2, 0.25) is 16.0 Å². The van der Waals surface area contributed by atoms with Crippen molar-refractivity contribution in [1.82, 2.24) is 24.7 Å². The van der Waals surface area contributed by atoms with Crippen molar-refractivity contribution in [2.75, 3.05) is 70.5 Å². The van der Waals surface area contributed by atoms with Crippen LogP contribution >= 0.6 is 0 Å². The summed E-state index contributed by atoms with van der Waals surface area (Å²) < 4.78 is 39.7. The molecule has 0 spiro atoms. The van der Waals surface area contributed by atoms with Crippen LogP contribution in [0.1, 0.15) is 10.4 Å². The van der Waals surface area contributed by atoms with Gasteiger partial charge in [0, 0.05) is 63.8 Å². The Morgan fingerprint density at radius 3 is 2.30 bits per heavy atom. The number of carbonyl (C=O) groups excluding carboxylic acids is 1. The third kappa shape index (κ3) is 6.40. The molecule has 5 rings (SSSR count). The van der Waals surface area contributed by atoms with E-state index in [9.17, 15) is 13.2 Å². The number of rotatable bonds is 9. The molecule has 0 bridgehead atoms. The molecule has 2 aliphatic heterocycles. The number of piperazine rings is 1. The summed E-state index contributed by atoms with van der Waals surface area (Å²) in [7, 11) is -3.69. The second-order valence-corrected chi connectivity index (χ2v) is 11.4. The minimum absolute atomic E-state index is 0.123. The lowest BCUT2D eigenvalue weighted by Crippen LogP contribution is -2.49. The zero-order chi connectivity index (χ0) is 28.0. The normalized spacial score (nSPS) is 17.0. The highest BCUT2D eigenvalue weighted by molar-refractivity contribution is 7.89. The molecule has 0 aliphatic carbocycles.